The third-order valence-electron chi connectivity index (χ3n) is 3.95. The van der Waals surface area contributed by atoms with Gasteiger partial charge in [-0.1, -0.05) is 15.9 Å². The highest BCUT2D eigenvalue weighted by Crippen LogP contribution is 2.34. The zero-order valence-electron chi connectivity index (χ0n) is 10.2. The number of carboxylic acid groups (broad SMARTS) is 1. The first-order valence-corrected chi connectivity index (χ1v) is 7.07. The minimum Gasteiger partial charge on any atom is -0.465 e. The second kappa shape index (κ2) is 4.67. The van der Waals surface area contributed by atoms with Gasteiger partial charge in [0.2, 0.25) is 0 Å². The van der Waals surface area contributed by atoms with Crippen LogP contribution in [0.2, 0.25) is 0 Å². The molecule has 2 bridgehead atoms. The lowest BCUT2D eigenvalue weighted by molar-refractivity contribution is 0.114. The van der Waals surface area contributed by atoms with Gasteiger partial charge in [0.05, 0.1) is 17.8 Å². The molecule has 2 aliphatic rings. The van der Waals surface area contributed by atoms with Crippen molar-refractivity contribution in [1.29, 1.82) is 0 Å². The highest BCUT2D eigenvalue weighted by molar-refractivity contribution is 9.10. The molecule has 0 radical (unpaired) electrons. The number of benzene rings is 1. The van der Waals surface area contributed by atoms with E-state index in [0.717, 1.165) is 12.8 Å². The van der Waals surface area contributed by atoms with Crippen molar-refractivity contribution in [3.8, 4) is 0 Å². The van der Waals surface area contributed by atoms with Crippen molar-refractivity contribution in [2.75, 3.05) is 18.0 Å². The number of piperazine rings is 1. The average Bonchev–Trinajstić information content (AvgIpc) is 2.61. The summed E-state index contributed by atoms with van der Waals surface area (Å²) < 4.78 is 14.7. The number of carbonyl (C=O) groups is 1. The SMILES string of the molecule is O=C(O)N1C2CCC1CN(c1ccc(Br)cc1F)C2. The fourth-order valence-corrected chi connectivity index (χ4v) is 3.48. The van der Waals surface area contributed by atoms with Gasteiger partial charge in [0.25, 0.3) is 0 Å². The molecule has 0 aromatic heterocycles. The lowest BCUT2D eigenvalue weighted by Crippen LogP contribution is -2.55. The predicted octanol–water partition coefficient (Wildman–Crippen LogP) is 2.92. The number of amides is 1. The molecule has 1 aromatic carbocycles. The maximum absolute atomic E-state index is 14.0. The monoisotopic (exact) mass is 328 g/mol. The molecule has 2 unspecified atom stereocenters. The van der Waals surface area contributed by atoms with E-state index in [1.165, 1.54) is 11.0 Å². The van der Waals surface area contributed by atoms with E-state index in [2.05, 4.69) is 15.9 Å². The molecule has 1 amide bonds. The van der Waals surface area contributed by atoms with Crippen molar-refractivity contribution >= 4 is 27.7 Å². The maximum Gasteiger partial charge on any atom is 0.407 e. The molecule has 1 N–H and O–H groups in total. The van der Waals surface area contributed by atoms with E-state index in [4.69, 9.17) is 0 Å². The first-order valence-electron chi connectivity index (χ1n) is 6.27. The third-order valence-corrected chi connectivity index (χ3v) is 4.45. The summed E-state index contributed by atoms with van der Waals surface area (Å²) in [7, 11) is 0. The number of rotatable bonds is 1. The molecule has 0 saturated carbocycles. The van der Waals surface area contributed by atoms with E-state index < -0.39 is 6.09 Å². The lowest BCUT2D eigenvalue weighted by Gasteiger charge is -2.40. The van der Waals surface area contributed by atoms with Crippen LogP contribution in [0.25, 0.3) is 0 Å². The Kier molecular flexibility index (Phi) is 3.12. The molecule has 19 heavy (non-hydrogen) atoms. The van der Waals surface area contributed by atoms with E-state index in [1.54, 1.807) is 6.07 Å². The Morgan fingerprint density at radius 2 is 1.95 bits per heavy atom. The molecule has 0 aliphatic carbocycles. The molecule has 4 nitrogen and oxygen atoms in total. The summed E-state index contributed by atoms with van der Waals surface area (Å²) in [5.41, 5.74) is 0.560. The Morgan fingerprint density at radius 1 is 1.32 bits per heavy atom. The number of hydrogen-bond acceptors (Lipinski definition) is 2. The van der Waals surface area contributed by atoms with Gasteiger partial charge >= 0.3 is 6.09 Å². The quantitative estimate of drug-likeness (QED) is 0.862. The first kappa shape index (κ1) is 12.7. The molecule has 3 rings (SSSR count). The summed E-state index contributed by atoms with van der Waals surface area (Å²) in [6, 6.07) is 4.97. The Bertz CT molecular complexity index is 511. The van der Waals surface area contributed by atoms with Crippen LogP contribution in [0.4, 0.5) is 14.9 Å². The molecule has 2 saturated heterocycles. The van der Waals surface area contributed by atoms with E-state index in [0.29, 0.717) is 23.2 Å². The summed E-state index contributed by atoms with van der Waals surface area (Å²) in [6.07, 6.45) is 0.875. The highest BCUT2D eigenvalue weighted by Gasteiger charge is 2.43. The number of anilines is 1. The summed E-state index contributed by atoms with van der Waals surface area (Å²) in [5.74, 6) is -0.266. The number of halogens is 2. The fourth-order valence-electron chi connectivity index (χ4n) is 3.15. The van der Waals surface area contributed by atoms with Gasteiger partial charge in [-0.15, -0.1) is 0 Å². The summed E-state index contributed by atoms with van der Waals surface area (Å²) in [4.78, 5) is 14.7. The van der Waals surface area contributed by atoms with Crippen LogP contribution in [0.5, 0.6) is 0 Å². The van der Waals surface area contributed by atoms with Crippen LogP contribution in [-0.4, -0.2) is 41.3 Å². The van der Waals surface area contributed by atoms with Gasteiger partial charge in [-0.25, -0.2) is 9.18 Å². The van der Waals surface area contributed by atoms with Crippen LogP contribution >= 0.6 is 15.9 Å². The molecule has 102 valence electrons. The smallest absolute Gasteiger partial charge is 0.407 e. The van der Waals surface area contributed by atoms with Crippen molar-refractivity contribution in [3.63, 3.8) is 0 Å². The van der Waals surface area contributed by atoms with Gasteiger partial charge in [-0.3, -0.25) is 4.90 Å². The Morgan fingerprint density at radius 3 is 2.47 bits per heavy atom. The second-order valence-corrected chi connectivity index (χ2v) is 5.99. The topological polar surface area (TPSA) is 43.8 Å². The van der Waals surface area contributed by atoms with Crippen LogP contribution in [-0.2, 0) is 0 Å². The summed E-state index contributed by atoms with van der Waals surface area (Å²) in [5, 5.41) is 9.19. The Balaban J connectivity index is 1.84. The molecule has 2 fully saturated rings. The average molecular weight is 329 g/mol. The highest BCUT2D eigenvalue weighted by atomic mass is 79.9. The van der Waals surface area contributed by atoms with Gasteiger partial charge in [-0.05, 0) is 31.0 Å². The Hall–Kier alpha value is -1.30. The van der Waals surface area contributed by atoms with Gasteiger partial charge < -0.3 is 10.0 Å². The van der Waals surface area contributed by atoms with E-state index in [-0.39, 0.29) is 17.9 Å². The standard InChI is InChI=1S/C13H14BrFN2O2/c14-8-1-4-12(11(15)5-8)16-6-9-2-3-10(7-16)17(9)13(18)19/h1,4-5,9-10H,2-3,6-7H2,(H,18,19). The third kappa shape index (κ3) is 2.18. The summed E-state index contributed by atoms with van der Waals surface area (Å²) in [6.45, 7) is 1.14. The van der Waals surface area contributed by atoms with Crippen LogP contribution in [0.1, 0.15) is 12.8 Å². The number of fused-ring (bicyclic) bond motifs is 2. The van der Waals surface area contributed by atoms with Crippen molar-refractivity contribution in [2.45, 2.75) is 24.9 Å². The molecule has 2 heterocycles. The Labute approximate surface area is 118 Å². The van der Waals surface area contributed by atoms with Crippen LogP contribution in [0.3, 0.4) is 0 Å². The van der Waals surface area contributed by atoms with E-state index in [9.17, 15) is 14.3 Å². The van der Waals surface area contributed by atoms with Gasteiger partial charge in [0.15, 0.2) is 0 Å². The van der Waals surface area contributed by atoms with Crippen LogP contribution < -0.4 is 4.90 Å². The van der Waals surface area contributed by atoms with Gasteiger partial charge in [0, 0.05) is 17.6 Å². The minimum atomic E-state index is -0.858. The molecule has 2 aliphatic heterocycles. The van der Waals surface area contributed by atoms with Crippen molar-refractivity contribution in [3.05, 3.63) is 28.5 Å². The van der Waals surface area contributed by atoms with Crippen LogP contribution in [0.15, 0.2) is 22.7 Å². The largest absolute Gasteiger partial charge is 0.465 e. The molecule has 0 spiro atoms. The normalized spacial score (nSPS) is 25.8. The van der Waals surface area contributed by atoms with Crippen LogP contribution in [0, 0.1) is 5.82 Å². The number of hydrogen-bond donors (Lipinski definition) is 1. The minimum absolute atomic E-state index is 0.0145. The molecular formula is C13H14BrFN2O2. The van der Waals surface area contributed by atoms with Crippen molar-refractivity contribution in [2.24, 2.45) is 0 Å². The van der Waals surface area contributed by atoms with E-state index in [1.807, 2.05) is 11.0 Å². The zero-order valence-corrected chi connectivity index (χ0v) is 11.8. The number of nitrogens with zero attached hydrogens (tertiary/aromatic N) is 2. The molecular weight excluding hydrogens is 315 g/mol. The lowest BCUT2D eigenvalue weighted by atomic mass is 10.1. The van der Waals surface area contributed by atoms with E-state index >= 15 is 0 Å². The zero-order chi connectivity index (χ0) is 13.6. The second-order valence-electron chi connectivity index (χ2n) is 5.08. The summed E-state index contributed by atoms with van der Waals surface area (Å²) >= 11 is 3.24. The van der Waals surface area contributed by atoms with Crippen molar-refractivity contribution in [1.82, 2.24) is 4.90 Å². The fraction of sp³-hybridized carbons (Fsp3) is 0.462. The maximum atomic E-state index is 14.0. The molecule has 2 atom stereocenters. The molecule has 6 heteroatoms. The van der Waals surface area contributed by atoms with Gasteiger partial charge in [-0.2, -0.15) is 0 Å². The predicted molar refractivity (Wildman–Crippen MR) is 73.0 cm³/mol. The van der Waals surface area contributed by atoms with Gasteiger partial charge in [0.1, 0.15) is 5.82 Å². The van der Waals surface area contributed by atoms with Crippen molar-refractivity contribution < 1.29 is 14.3 Å². The first-order chi connectivity index (χ1) is 9.06. The molecule has 1 aromatic rings.